The Morgan fingerprint density at radius 3 is 2.88 bits per heavy atom. The van der Waals surface area contributed by atoms with Crippen molar-refractivity contribution in [1.82, 2.24) is 4.98 Å². The van der Waals surface area contributed by atoms with E-state index in [0.29, 0.717) is 12.4 Å². The lowest BCUT2D eigenvalue weighted by atomic mass is 10.2. The lowest BCUT2D eigenvalue weighted by molar-refractivity contribution is -0.384. The number of hydrogen-bond acceptors (Lipinski definition) is 5. The largest absolute Gasteiger partial charge is 0.378 e. The van der Waals surface area contributed by atoms with Gasteiger partial charge in [-0.3, -0.25) is 10.1 Å². The number of nitrogens with two attached hydrogens (primary N) is 1. The SMILES string of the molecule is C#CCCCCNc1ccc([N+](=O)[O-])c(N)n1. The summed E-state index contributed by atoms with van der Waals surface area (Å²) in [7, 11) is 0. The molecule has 1 heterocycles. The van der Waals surface area contributed by atoms with Gasteiger partial charge in [0.2, 0.25) is 5.82 Å². The zero-order chi connectivity index (χ0) is 12.7. The number of pyridine rings is 1. The monoisotopic (exact) mass is 234 g/mol. The molecule has 0 aliphatic rings. The number of nitrogen functional groups attached to an aromatic ring is 1. The summed E-state index contributed by atoms with van der Waals surface area (Å²) in [4.78, 5) is 13.9. The Morgan fingerprint density at radius 2 is 2.29 bits per heavy atom. The lowest BCUT2D eigenvalue weighted by Gasteiger charge is -2.05. The molecule has 0 atom stereocenters. The van der Waals surface area contributed by atoms with Crippen LogP contribution in [0.2, 0.25) is 0 Å². The third-order valence-corrected chi connectivity index (χ3v) is 2.15. The molecular weight excluding hydrogens is 220 g/mol. The standard InChI is InChI=1S/C11H14N4O2/c1-2-3-4-5-8-13-10-7-6-9(15(16)17)11(12)14-10/h1,6-7H,3-5,8H2,(H3,12,13,14). The van der Waals surface area contributed by atoms with Crippen LogP contribution in [0.4, 0.5) is 17.3 Å². The molecule has 1 aromatic heterocycles. The Labute approximate surface area is 99.4 Å². The number of hydrogen-bond donors (Lipinski definition) is 2. The van der Waals surface area contributed by atoms with Crippen molar-refractivity contribution in [2.75, 3.05) is 17.6 Å². The van der Waals surface area contributed by atoms with Crippen LogP contribution in [0.15, 0.2) is 12.1 Å². The van der Waals surface area contributed by atoms with Crippen molar-refractivity contribution in [2.45, 2.75) is 19.3 Å². The minimum atomic E-state index is -0.557. The van der Waals surface area contributed by atoms with Crippen LogP contribution in [0, 0.1) is 22.5 Å². The van der Waals surface area contributed by atoms with Crippen molar-refractivity contribution < 1.29 is 4.92 Å². The maximum absolute atomic E-state index is 10.5. The molecule has 0 radical (unpaired) electrons. The van der Waals surface area contributed by atoms with Crippen LogP contribution >= 0.6 is 0 Å². The molecule has 0 unspecified atom stereocenters. The molecule has 1 aromatic rings. The number of aromatic nitrogens is 1. The molecule has 0 aliphatic carbocycles. The molecule has 0 saturated heterocycles. The molecule has 90 valence electrons. The number of nitrogens with zero attached hydrogens (tertiary/aromatic N) is 2. The van der Waals surface area contributed by atoms with Gasteiger partial charge in [-0.25, -0.2) is 4.98 Å². The molecular formula is C11H14N4O2. The highest BCUT2D eigenvalue weighted by atomic mass is 16.6. The molecule has 0 amide bonds. The van der Waals surface area contributed by atoms with E-state index < -0.39 is 4.92 Å². The fraction of sp³-hybridized carbons (Fsp3) is 0.364. The topological polar surface area (TPSA) is 94.1 Å². The number of unbranched alkanes of at least 4 members (excludes halogenated alkanes) is 2. The third-order valence-electron chi connectivity index (χ3n) is 2.15. The molecule has 0 saturated carbocycles. The van der Waals surface area contributed by atoms with Crippen molar-refractivity contribution in [3.63, 3.8) is 0 Å². The van der Waals surface area contributed by atoms with Crippen molar-refractivity contribution in [3.8, 4) is 12.3 Å². The third kappa shape index (κ3) is 3.99. The summed E-state index contributed by atoms with van der Waals surface area (Å²) in [6, 6.07) is 2.88. The molecule has 1 rings (SSSR count). The predicted octanol–water partition coefficient (Wildman–Crippen LogP) is 1.79. The van der Waals surface area contributed by atoms with Gasteiger partial charge in [0, 0.05) is 19.0 Å². The molecule has 3 N–H and O–H groups in total. The first kappa shape index (κ1) is 12.8. The summed E-state index contributed by atoms with van der Waals surface area (Å²) in [6.07, 6.45) is 7.73. The molecule has 0 fully saturated rings. The van der Waals surface area contributed by atoms with Crippen LogP contribution in [0.3, 0.4) is 0 Å². The maximum Gasteiger partial charge on any atom is 0.311 e. The highest BCUT2D eigenvalue weighted by Gasteiger charge is 2.12. The highest BCUT2D eigenvalue weighted by Crippen LogP contribution is 2.20. The number of nitrogens with one attached hydrogen (secondary N) is 1. The van der Waals surface area contributed by atoms with E-state index >= 15 is 0 Å². The van der Waals surface area contributed by atoms with Gasteiger partial charge in [-0.1, -0.05) is 0 Å². The predicted molar refractivity (Wildman–Crippen MR) is 66.5 cm³/mol. The maximum atomic E-state index is 10.5. The minimum absolute atomic E-state index is 0.0800. The van der Waals surface area contributed by atoms with Gasteiger partial charge < -0.3 is 11.1 Å². The van der Waals surface area contributed by atoms with Gasteiger partial charge in [0.1, 0.15) is 5.82 Å². The Morgan fingerprint density at radius 1 is 1.53 bits per heavy atom. The van der Waals surface area contributed by atoms with Crippen LogP contribution in [0.25, 0.3) is 0 Å². The van der Waals surface area contributed by atoms with E-state index in [2.05, 4.69) is 16.2 Å². The summed E-state index contributed by atoms with van der Waals surface area (Å²) in [6.45, 7) is 0.714. The quantitative estimate of drug-likeness (QED) is 0.338. The number of nitro groups is 1. The van der Waals surface area contributed by atoms with Gasteiger partial charge in [0.25, 0.3) is 0 Å². The summed E-state index contributed by atoms with van der Waals surface area (Å²) < 4.78 is 0. The van der Waals surface area contributed by atoms with Gasteiger partial charge in [0.05, 0.1) is 4.92 Å². The van der Waals surface area contributed by atoms with Crippen molar-refractivity contribution >= 4 is 17.3 Å². The van der Waals surface area contributed by atoms with Crippen LogP contribution in [0.1, 0.15) is 19.3 Å². The number of terminal acetylenes is 1. The van der Waals surface area contributed by atoms with Gasteiger partial charge in [-0.05, 0) is 18.9 Å². The first-order chi connectivity index (χ1) is 8.15. The summed E-state index contributed by atoms with van der Waals surface area (Å²) in [5.41, 5.74) is 5.28. The van der Waals surface area contributed by atoms with Crippen molar-refractivity contribution in [2.24, 2.45) is 0 Å². The molecule has 0 bridgehead atoms. The number of rotatable bonds is 6. The van der Waals surface area contributed by atoms with Crippen LogP contribution in [-0.4, -0.2) is 16.5 Å². The second kappa shape index (κ2) is 6.33. The normalized spacial score (nSPS) is 9.59. The van der Waals surface area contributed by atoms with E-state index in [1.54, 1.807) is 0 Å². The average molecular weight is 234 g/mol. The molecule has 17 heavy (non-hydrogen) atoms. The van der Waals surface area contributed by atoms with Gasteiger partial charge in [0.15, 0.2) is 0 Å². The highest BCUT2D eigenvalue weighted by molar-refractivity contribution is 5.57. The Balaban J connectivity index is 2.48. The van der Waals surface area contributed by atoms with Crippen LogP contribution in [0.5, 0.6) is 0 Å². The van der Waals surface area contributed by atoms with Crippen molar-refractivity contribution in [3.05, 3.63) is 22.2 Å². The first-order valence-electron chi connectivity index (χ1n) is 5.23. The Bertz CT molecular complexity index is 440. The zero-order valence-electron chi connectivity index (χ0n) is 9.35. The van der Waals surface area contributed by atoms with Crippen molar-refractivity contribution in [1.29, 1.82) is 0 Å². The van der Waals surface area contributed by atoms with E-state index in [0.717, 1.165) is 19.3 Å². The van der Waals surface area contributed by atoms with Crippen LogP contribution < -0.4 is 11.1 Å². The molecule has 0 aliphatic heterocycles. The first-order valence-corrected chi connectivity index (χ1v) is 5.23. The summed E-state index contributed by atoms with van der Waals surface area (Å²) >= 11 is 0. The second-order valence-corrected chi connectivity index (χ2v) is 3.45. The van der Waals surface area contributed by atoms with E-state index in [4.69, 9.17) is 12.2 Å². The summed E-state index contributed by atoms with van der Waals surface area (Å²) in [5, 5.41) is 13.5. The minimum Gasteiger partial charge on any atom is -0.378 e. The molecule has 6 heteroatoms. The summed E-state index contributed by atoms with van der Waals surface area (Å²) in [5.74, 6) is 3.01. The van der Waals surface area contributed by atoms with E-state index in [-0.39, 0.29) is 11.5 Å². The molecule has 0 aromatic carbocycles. The average Bonchev–Trinajstić information content (AvgIpc) is 2.28. The second-order valence-electron chi connectivity index (χ2n) is 3.45. The number of anilines is 2. The molecule has 0 spiro atoms. The smallest absolute Gasteiger partial charge is 0.311 e. The van der Waals surface area contributed by atoms with Gasteiger partial charge in [-0.2, -0.15) is 0 Å². The van der Waals surface area contributed by atoms with Gasteiger partial charge >= 0.3 is 5.69 Å². The molecule has 6 nitrogen and oxygen atoms in total. The fourth-order valence-corrected chi connectivity index (χ4v) is 1.29. The Kier molecular flexibility index (Phi) is 4.76. The Hall–Kier alpha value is -2.29. The van der Waals surface area contributed by atoms with Gasteiger partial charge in [-0.15, -0.1) is 12.3 Å². The van der Waals surface area contributed by atoms with E-state index in [1.807, 2.05) is 0 Å². The van der Waals surface area contributed by atoms with E-state index in [9.17, 15) is 10.1 Å². The van der Waals surface area contributed by atoms with E-state index in [1.165, 1.54) is 12.1 Å². The zero-order valence-corrected chi connectivity index (χ0v) is 9.35. The lowest BCUT2D eigenvalue weighted by Crippen LogP contribution is -2.06. The fourth-order valence-electron chi connectivity index (χ4n) is 1.29. The van der Waals surface area contributed by atoms with Crippen LogP contribution in [-0.2, 0) is 0 Å².